The Labute approximate surface area is 184 Å². The summed E-state index contributed by atoms with van der Waals surface area (Å²) in [6.45, 7) is 6.49. The van der Waals surface area contributed by atoms with Crippen LogP contribution in [0.5, 0.6) is 0 Å². The van der Waals surface area contributed by atoms with Gasteiger partial charge in [-0.15, -0.1) is 16.7 Å². The van der Waals surface area contributed by atoms with Crippen molar-refractivity contribution in [3.05, 3.63) is 83.0 Å². The quantitative estimate of drug-likeness (QED) is 0.455. The summed E-state index contributed by atoms with van der Waals surface area (Å²) in [6.07, 6.45) is 10.9. The minimum Gasteiger partial charge on any atom is -1.00 e. The van der Waals surface area contributed by atoms with E-state index < -0.39 is 0 Å². The molecule has 0 fully saturated rings. The van der Waals surface area contributed by atoms with Crippen LogP contribution in [0.3, 0.4) is 0 Å². The monoisotopic (exact) mass is 459 g/mol. The van der Waals surface area contributed by atoms with Crippen LogP contribution in [0.25, 0.3) is 11.1 Å². The Balaban J connectivity index is 0.000000516. The van der Waals surface area contributed by atoms with Gasteiger partial charge in [0.1, 0.15) is 0 Å². The van der Waals surface area contributed by atoms with Gasteiger partial charge in [-0.3, -0.25) is 0 Å². The molecule has 0 N–H and O–H groups in total. The fourth-order valence-corrected chi connectivity index (χ4v) is 3.37. The molecule has 0 bridgehead atoms. The van der Waals surface area contributed by atoms with Crippen molar-refractivity contribution in [1.82, 2.24) is 0 Å². The normalized spacial score (nSPS) is 13.1. The number of halogens is 2. The minimum atomic E-state index is 0. The molecule has 0 nitrogen and oxygen atoms in total. The molecular weight excluding hydrogens is 438 g/mol. The summed E-state index contributed by atoms with van der Waals surface area (Å²) in [6, 6.07) is 14.9. The van der Waals surface area contributed by atoms with Crippen LogP contribution in [-0.2, 0) is 37.1 Å². The number of aryl methyl sites for hydroxylation is 1. The van der Waals surface area contributed by atoms with Gasteiger partial charge in [-0.25, -0.2) is 0 Å². The molecule has 3 heteroatoms. The first-order valence-corrected chi connectivity index (χ1v) is 9.86. The zero-order valence-electron chi connectivity index (χ0n) is 15.4. The van der Waals surface area contributed by atoms with Crippen LogP contribution in [0.15, 0.2) is 54.6 Å². The van der Waals surface area contributed by atoms with Crippen molar-refractivity contribution in [2.24, 2.45) is 0 Å². The van der Waals surface area contributed by atoms with E-state index >= 15 is 0 Å². The van der Waals surface area contributed by atoms with Crippen molar-refractivity contribution < 1.29 is 49.0 Å². The van der Waals surface area contributed by atoms with E-state index in [1.54, 1.807) is 24.2 Å². The average molecular weight is 462 g/mol. The molecule has 2 aliphatic carbocycles. The van der Waals surface area contributed by atoms with Crippen LogP contribution in [0.4, 0.5) is 0 Å². The third-order valence-electron chi connectivity index (χ3n) is 4.41. The Morgan fingerprint density at radius 3 is 2.31 bits per heavy atom. The van der Waals surface area contributed by atoms with Crippen LogP contribution in [0.1, 0.15) is 48.9 Å². The summed E-state index contributed by atoms with van der Waals surface area (Å²) in [7, 11) is 0. The summed E-state index contributed by atoms with van der Waals surface area (Å²) in [4.78, 5) is 0. The third-order valence-corrected chi connectivity index (χ3v) is 4.41. The molecule has 0 amide bonds. The maximum atomic E-state index is 3.73. The van der Waals surface area contributed by atoms with E-state index in [1.165, 1.54) is 36.6 Å². The fraction of sp³-hybridized carbons (Fsp3) is 0.261. The Morgan fingerprint density at radius 2 is 1.69 bits per heavy atom. The Morgan fingerprint density at radius 1 is 1.08 bits per heavy atom. The third kappa shape index (κ3) is 5.16. The second-order valence-corrected chi connectivity index (χ2v) is 9.04. The molecule has 0 aliphatic heterocycles. The van der Waals surface area contributed by atoms with E-state index in [9.17, 15) is 0 Å². The van der Waals surface area contributed by atoms with Gasteiger partial charge in [0.25, 0.3) is 0 Å². The predicted molar refractivity (Wildman–Crippen MR) is 100 cm³/mol. The molecule has 0 spiro atoms. The summed E-state index contributed by atoms with van der Waals surface area (Å²) >= 11 is 1.55. The van der Waals surface area contributed by atoms with Crippen LogP contribution in [-0.4, -0.2) is 3.21 Å². The van der Waals surface area contributed by atoms with Gasteiger partial charge in [-0.05, 0) is 12.3 Å². The summed E-state index contributed by atoms with van der Waals surface area (Å²) in [5.74, 6) is 0.416. The van der Waals surface area contributed by atoms with Gasteiger partial charge < -0.3 is 24.8 Å². The largest absolute Gasteiger partial charge is 1.00 e. The van der Waals surface area contributed by atoms with Crippen LogP contribution in [0, 0.1) is 6.07 Å². The number of benzene rings is 2. The minimum absolute atomic E-state index is 0. The number of rotatable bonds is 2. The first kappa shape index (κ1) is 23.3. The van der Waals surface area contributed by atoms with Gasteiger partial charge in [0.15, 0.2) is 0 Å². The molecule has 0 aromatic heterocycles. The molecule has 0 saturated heterocycles. The molecule has 0 saturated carbocycles. The van der Waals surface area contributed by atoms with Crippen molar-refractivity contribution in [1.29, 1.82) is 0 Å². The van der Waals surface area contributed by atoms with Crippen molar-refractivity contribution in [2.75, 3.05) is 0 Å². The van der Waals surface area contributed by atoms with E-state index in [0.29, 0.717) is 5.92 Å². The van der Waals surface area contributed by atoms with Crippen LogP contribution in [0.2, 0.25) is 0 Å². The molecule has 0 unspecified atom stereocenters. The Bertz CT molecular complexity index is 818. The number of hydrogen-bond donors (Lipinski definition) is 0. The molecule has 26 heavy (non-hydrogen) atoms. The molecule has 2 aromatic carbocycles. The number of allylic oxidation sites excluding steroid dienone is 4. The molecule has 2 aliphatic rings. The Kier molecular flexibility index (Phi) is 9.45. The smallest absolute Gasteiger partial charge is 1.00 e. The van der Waals surface area contributed by atoms with Gasteiger partial charge in [0.2, 0.25) is 0 Å². The van der Waals surface area contributed by atoms with E-state index in [1.807, 2.05) is 0 Å². The molecule has 0 radical (unpaired) electrons. The second-order valence-electron chi connectivity index (χ2n) is 6.58. The summed E-state index contributed by atoms with van der Waals surface area (Å²) < 4.78 is 1.51. The number of hydrogen-bond acceptors (Lipinski definition) is 0. The number of fused-ring (bicyclic) bond motifs is 3. The second kappa shape index (κ2) is 10.6. The summed E-state index contributed by atoms with van der Waals surface area (Å²) in [5, 5.41) is 0. The maximum Gasteiger partial charge on any atom is -1.00 e. The van der Waals surface area contributed by atoms with Gasteiger partial charge in [0.05, 0.1) is 0 Å². The van der Waals surface area contributed by atoms with E-state index in [2.05, 4.69) is 81.5 Å². The van der Waals surface area contributed by atoms with Crippen LogP contribution < -0.4 is 24.8 Å². The standard InChI is InChI=1S/C20H17.C3H6.2ClH.Zr/c1-2-14-12-20-17(11-16-9-5-6-10-18(16)20)13-19(14)15-7-3-4-8-15;1-3-2;;;/h3-10,12,15H,2,11H2,1H3;1-2H3;2*1H;/q-1;;;;+2/p-2. The predicted octanol–water partition coefficient (Wildman–Crippen LogP) is -0.417. The van der Waals surface area contributed by atoms with Gasteiger partial charge in [-0.1, -0.05) is 73.0 Å². The maximum absolute atomic E-state index is 3.73. The zero-order chi connectivity index (χ0) is 17.1. The van der Waals surface area contributed by atoms with Crippen molar-refractivity contribution in [3.63, 3.8) is 0 Å². The van der Waals surface area contributed by atoms with Gasteiger partial charge in [-0.2, -0.15) is 17.7 Å². The van der Waals surface area contributed by atoms with E-state index in [4.69, 9.17) is 0 Å². The van der Waals surface area contributed by atoms with E-state index in [-0.39, 0.29) is 24.8 Å². The molecule has 0 atom stereocenters. The van der Waals surface area contributed by atoms with Crippen molar-refractivity contribution in [3.8, 4) is 11.1 Å². The Hall–Kier alpha value is -0.747. The molecule has 4 rings (SSSR count). The fourth-order valence-electron chi connectivity index (χ4n) is 3.37. The average Bonchev–Trinajstić information content (AvgIpc) is 3.20. The molecule has 134 valence electrons. The van der Waals surface area contributed by atoms with Crippen LogP contribution >= 0.6 is 0 Å². The topological polar surface area (TPSA) is 0 Å². The SMILES string of the molecule is CCc1cc2c([c-]c1C1C=CC=C1)Cc1ccccc1-2.C[C](C)=[Zr+2].[Cl-].[Cl-]. The molecule has 2 aromatic rings. The van der Waals surface area contributed by atoms with Gasteiger partial charge in [0, 0.05) is 0 Å². The van der Waals surface area contributed by atoms with E-state index in [0.717, 1.165) is 12.8 Å². The molecule has 0 heterocycles. The van der Waals surface area contributed by atoms with Crippen molar-refractivity contribution in [2.45, 2.75) is 39.5 Å². The van der Waals surface area contributed by atoms with Gasteiger partial charge >= 0.3 is 41.3 Å². The molecular formula is C23H23Cl2Zr-. The first-order chi connectivity index (χ1) is 11.6. The summed E-state index contributed by atoms with van der Waals surface area (Å²) in [5.41, 5.74) is 8.40. The zero-order valence-corrected chi connectivity index (χ0v) is 19.4. The van der Waals surface area contributed by atoms with Crippen molar-refractivity contribution >= 4 is 3.21 Å². The first-order valence-electron chi connectivity index (χ1n) is 8.63.